The van der Waals surface area contributed by atoms with Crippen molar-refractivity contribution in [2.75, 3.05) is 13.7 Å². The number of hydrogen-bond donors (Lipinski definition) is 1. The molecule has 8 nitrogen and oxygen atoms in total. The zero-order chi connectivity index (χ0) is 27.1. The second-order valence-electron chi connectivity index (χ2n) is 9.54. The third-order valence-electron chi connectivity index (χ3n) is 6.28. The number of amides is 2. The van der Waals surface area contributed by atoms with Crippen LogP contribution < -0.4 is 10.1 Å². The van der Waals surface area contributed by atoms with Gasteiger partial charge in [0.25, 0.3) is 0 Å². The van der Waals surface area contributed by atoms with E-state index in [0.717, 1.165) is 12.0 Å². The second-order valence-corrected chi connectivity index (χ2v) is 9.54. The fraction of sp³-hybridized carbons (Fsp3) is 0.310. The lowest BCUT2D eigenvalue weighted by Crippen LogP contribution is -2.45. The molecule has 1 heterocycles. The zero-order valence-corrected chi connectivity index (χ0v) is 21.8. The second kappa shape index (κ2) is 12.3. The van der Waals surface area contributed by atoms with Crippen LogP contribution in [0, 0.1) is 11.7 Å². The Labute approximate surface area is 221 Å². The summed E-state index contributed by atoms with van der Waals surface area (Å²) in [7, 11) is 1.57. The van der Waals surface area contributed by atoms with E-state index in [1.54, 1.807) is 19.2 Å². The molecule has 0 aliphatic heterocycles. The SMILES string of the molecule is COc1cccc(CN(C(=O)Cn2nnc3ccccc32)[C@@H](C(=O)NCCC(C)C)c2ccc(F)cc2)c1. The molecule has 0 bridgehead atoms. The van der Waals surface area contributed by atoms with Gasteiger partial charge < -0.3 is 15.0 Å². The van der Waals surface area contributed by atoms with E-state index in [1.807, 2.05) is 48.5 Å². The smallest absolute Gasteiger partial charge is 0.247 e. The maximum atomic E-state index is 13.9. The van der Waals surface area contributed by atoms with E-state index >= 15 is 0 Å². The molecular weight excluding hydrogens is 485 g/mol. The number of rotatable bonds is 11. The number of fused-ring (bicyclic) bond motifs is 1. The molecule has 0 fully saturated rings. The van der Waals surface area contributed by atoms with E-state index in [-0.39, 0.29) is 24.9 Å². The van der Waals surface area contributed by atoms with Gasteiger partial charge in [-0.1, -0.05) is 55.5 Å². The molecule has 0 radical (unpaired) electrons. The van der Waals surface area contributed by atoms with Gasteiger partial charge in [0.15, 0.2) is 0 Å². The molecule has 1 aromatic heterocycles. The molecule has 0 saturated carbocycles. The van der Waals surface area contributed by atoms with E-state index in [9.17, 15) is 14.0 Å². The van der Waals surface area contributed by atoms with Crippen molar-refractivity contribution in [1.82, 2.24) is 25.2 Å². The zero-order valence-electron chi connectivity index (χ0n) is 21.8. The molecule has 0 unspecified atom stereocenters. The predicted molar refractivity (Wildman–Crippen MR) is 143 cm³/mol. The summed E-state index contributed by atoms with van der Waals surface area (Å²) < 4.78 is 20.7. The quantitative estimate of drug-likeness (QED) is 0.316. The maximum absolute atomic E-state index is 13.9. The van der Waals surface area contributed by atoms with Crippen molar-refractivity contribution in [3.63, 3.8) is 0 Å². The van der Waals surface area contributed by atoms with Crippen molar-refractivity contribution >= 4 is 22.8 Å². The molecule has 2 amide bonds. The summed E-state index contributed by atoms with van der Waals surface area (Å²) in [5, 5.41) is 11.3. The van der Waals surface area contributed by atoms with Crippen molar-refractivity contribution in [2.45, 2.75) is 39.4 Å². The average molecular weight is 518 g/mol. The number of nitrogens with one attached hydrogen (secondary N) is 1. The molecule has 0 saturated heterocycles. The summed E-state index contributed by atoms with van der Waals surface area (Å²) in [5.41, 5.74) is 2.67. The van der Waals surface area contributed by atoms with Crippen LogP contribution in [0.25, 0.3) is 11.0 Å². The highest BCUT2D eigenvalue weighted by molar-refractivity contribution is 5.89. The lowest BCUT2D eigenvalue weighted by molar-refractivity contribution is -0.142. The van der Waals surface area contributed by atoms with E-state index in [2.05, 4.69) is 29.5 Å². The Balaban J connectivity index is 1.72. The van der Waals surface area contributed by atoms with Crippen molar-refractivity contribution in [3.8, 4) is 5.75 Å². The van der Waals surface area contributed by atoms with Crippen LogP contribution in [0.15, 0.2) is 72.8 Å². The summed E-state index contributed by atoms with van der Waals surface area (Å²) in [6.07, 6.45) is 0.788. The van der Waals surface area contributed by atoms with Gasteiger partial charge in [0.05, 0.1) is 12.6 Å². The Bertz CT molecular complexity index is 1390. The van der Waals surface area contributed by atoms with Gasteiger partial charge in [-0.2, -0.15) is 0 Å². The van der Waals surface area contributed by atoms with Crippen molar-refractivity contribution < 1.29 is 18.7 Å². The highest BCUT2D eigenvalue weighted by Gasteiger charge is 2.32. The van der Waals surface area contributed by atoms with Crippen molar-refractivity contribution in [2.24, 2.45) is 5.92 Å². The topological polar surface area (TPSA) is 89.3 Å². The average Bonchev–Trinajstić information content (AvgIpc) is 3.32. The maximum Gasteiger partial charge on any atom is 0.247 e. The summed E-state index contributed by atoms with van der Waals surface area (Å²) in [6, 6.07) is 19.4. The van der Waals surface area contributed by atoms with Gasteiger partial charge in [0.2, 0.25) is 11.8 Å². The van der Waals surface area contributed by atoms with Crippen LogP contribution in [-0.2, 0) is 22.7 Å². The highest BCUT2D eigenvalue weighted by Crippen LogP contribution is 2.26. The minimum atomic E-state index is -0.990. The molecule has 0 aliphatic carbocycles. The van der Waals surface area contributed by atoms with Crippen LogP contribution in [0.5, 0.6) is 5.75 Å². The summed E-state index contributed by atoms with van der Waals surface area (Å²) in [4.78, 5) is 29.1. The molecule has 3 aromatic carbocycles. The fourth-order valence-electron chi connectivity index (χ4n) is 4.24. The monoisotopic (exact) mass is 517 g/mol. The van der Waals surface area contributed by atoms with Gasteiger partial charge in [0, 0.05) is 13.1 Å². The lowest BCUT2D eigenvalue weighted by atomic mass is 10.0. The molecule has 198 valence electrons. The standard InChI is InChI=1S/C29H32FN5O3/c1-20(2)15-16-31-29(37)28(22-11-13-23(30)14-12-22)34(18-21-7-6-8-24(17-21)38-3)27(36)19-35-26-10-5-4-9-25(26)32-33-35/h4-14,17,20,28H,15-16,18-19H2,1-3H3,(H,31,37)/t28-/m1/s1. The Morgan fingerprint density at radius 3 is 2.55 bits per heavy atom. The molecule has 9 heteroatoms. The summed E-state index contributed by atoms with van der Waals surface area (Å²) in [6.45, 7) is 4.61. The van der Waals surface area contributed by atoms with E-state index < -0.39 is 11.9 Å². The number of methoxy groups -OCH3 is 1. The Hall–Kier alpha value is -4.27. The van der Waals surface area contributed by atoms with Crippen molar-refractivity contribution in [1.29, 1.82) is 0 Å². The number of benzene rings is 3. The fourth-order valence-corrected chi connectivity index (χ4v) is 4.24. The third kappa shape index (κ3) is 6.53. The van der Waals surface area contributed by atoms with Gasteiger partial charge >= 0.3 is 0 Å². The van der Waals surface area contributed by atoms with Gasteiger partial charge in [-0.15, -0.1) is 5.10 Å². The van der Waals surface area contributed by atoms with Gasteiger partial charge in [-0.3, -0.25) is 9.59 Å². The molecule has 1 atom stereocenters. The van der Waals surface area contributed by atoms with Crippen LogP contribution >= 0.6 is 0 Å². The first-order valence-corrected chi connectivity index (χ1v) is 12.6. The van der Waals surface area contributed by atoms with E-state index in [4.69, 9.17) is 4.74 Å². The number of aromatic nitrogens is 3. The van der Waals surface area contributed by atoms with Gasteiger partial charge in [-0.05, 0) is 59.9 Å². The normalized spacial score (nSPS) is 11.9. The number of carbonyl (C=O) groups is 2. The number of hydrogen-bond acceptors (Lipinski definition) is 5. The Morgan fingerprint density at radius 1 is 1.05 bits per heavy atom. The number of halogens is 1. The van der Waals surface area contributed by atoms with Gasteiger partial charge in [-0.25, -0.2) is 9.07 Å². The number of nitrogens with zero attached hydrogens (tertiary/aromatic N) is 4. The summed E-state index contributed by atoms with van der Waals surface area (Å²) >= 11 is 0. The largest absolute Gasteiger partial charge is 0.497 e. The molecule has 1 N–H and O–H groups in total. The van der Waals surface area contributed by atoms with Crippen LogP contribution in [0.3, 0.4) is 0 Å². The predicted octanol–water partition coefficient (Wildman–Crippen LogP) is 4.51. The first-order valence-electron chi connectivity index (χ1n) is 12.6. The van der Waals surface area contributed by atoms with Crippen LogP contribution in [0.4, 0.5) is 4.39 Å². The first-order chi connectivity index (χ1) is 18.4. The molecule has 0 spiro atoms. The lowest BCUT2D eigenvalue weighted by Gasteiger charge is -2.32. The van der Waals surface area contributed by atoms with Gasteiger partial charge in [0.1, 0.15) is 29.7 Å². The highest BCUT2D eigenvalue weighted by atomic mass is 19.1. The van der Waals surface area contributed by atoms with Crippen molar-refractivity contribution in [3.05, 3.63) is 89.7 Å². The molecule has 0 aliphatic rings. The van der Waals surface area contributed by atoms with Crippen LogP contribution in [-0.4, -0.2) is 45.4 Å². The summed E-state index contributed by atoms with van der Waals surface area (Å²) in [5.74, 6) is -0.0622. The number of para-hydroxylation sites is 1. The minimum Gasteiger partial charge on any atom is -0.497 e. The Kier molecular flexibility index (Phi) is 8.68. The minimum absolute atomic E-state index is 0.124. The van der Waals surface area contributed by atoms with E-state index in [0.29, 0.717) is 34.8 Å². The molecule has 4 rings (SSSR count). The Morgan fingerprint density at radius 2 is 1.82 bits per heavy atom. The molecule has 38 heavy (non-hydrogen) atoms. The molecule has 4 aromatic rings. The van der Waals surface area contributed by atoms with Crippen LogP contribution in [0.2, 0.25) is 0 Å². The molecular formula is C29H32FN5O3. The number of carbonyl (C=O) groups excluding carboxylic acids is 2. The third-order valence-corrected chi connectivity index (χ3v) is 6.28. The van der Waals surface area contributed by atoms with E-state index in [1.165, 1.54) is 21.7 Å². The first kappa shape index (κ1) is 26.8. The number of ether oxygens (including phenoxy) is 1. The van der Waals surface area contributed by atoms with Crippen LogP contribution in [0.1, 0.15) is 37.4 Å².